The van der Waals surface area contributed by atoms with Gasteiger partial charge in [-0.05, 0) is 37.4 Å². The topological polar surface area (TPSA) is 40.5 Å². The third-order valence-electron chi connectivity index (χ3n) is 3.01. The van der Waals surface area contributed by atoms with Crippen LogP contribution in [0.2, 0.25) is 0 Å². The lowest BCUT2D eigenvalue weighted by molar-refractivity contribution is -0.0907. The van der Waals surface area contributed by atoms with Crippen LogP contribution >= 0.6 is 27.5 Å². The van der Waals surface area contributed by atoms with Crippen LogP contribution in [0.1, 0.15) is 12.5 Å². The highest BCUT2D eigenvalue weighted by Gasteiger charge is 2.34. The number of aromatic nitrogens is 1. The van der Waals surface area contributed by atoms with E-state index in [0.29, 0.717) is 16.5 Å². The first-order valence-corrected chi connectivity index (χ1v) is 7.17. The van der Waals surface area contributed by atoms with E-state index < -0.39 is 11.7 Å². The molecule has 8 heteroatoms. The minimum absolute atomic E-state index is 0.291. The highest BCUT2D eigenvalue weighted by molar-refractivity contribution is 9.10. The standard InChI is InChI=1S/C14H10BrClF3N3/c1-7(14(17,18)19)12(22-13(16)20-2)10-6-21-11-5-8(15)3-4-9(10)11/h3-6,21H,2H2,1H3/b12-7+,22-13-. The van der Waals surface area contributed by atoms with Crippen LogP contribution in [0.25, 0.3) is 16.6 Å². The van der Waals surface area contributed by atoms with Crippen molar-refractivity contribution in [2.75, 3.05) is 0 Å². The monoisotopic (exact) mass is 391 g/mol. The van der Waals surface area contributed by atoms with Gasteiger partial charge in [-0.3, -0.25) is 0 Å². The molecule has 2 aromatic rings. The van der Waals surface area contributed by atoms with E-state index in [-0.39, 0.29) is 11.0 Å². The molecule has 0 amide bonds. The molecule has 0 aliphatic rings. The van der Waals surface area contributed by atoms with Crippen LogP contribution in [-0.2, 0) is 0 Å². The second-order valence-electron chi connectivity index (χ2n) is 4.40. The Morgan fingerprint density at radius 3 is 2.64 bits per heavy atom. The third kappa shape index (κ3) is 3.41. The Morgan fingerprint density at radius 1 is 1.36 bits per heavy atom. The fourth-order valence-electron chi connectivity index (χ4n) is 1.90. The van der Waals surface area contributed by atoms with Crippen LogP contribution in [-0.4, -0.2) is 23.2 Å². The summed E-state index contributed by atoms with van der Waals surface area (Å²) >= 11 is 8.96. The average Bonchev–Trinajstić information content (AvgIpc) is 2.85. The highest BCUT2D eigenvalue weighted by atomic mass is 79.9. The summed E-state index contributed by atoms with van der Waals surface area (Å²) in [5.41, 5.74) is -0.189. The maximum absolute atomic E-state index is 13.1. The van der Waals surface area contributed by atoms with Crippen molar-refractivity contribution >= 4 is 56.1 Å². The van der Waals surface area contributed by atoms with Gasteiger partial charge in [-0.2, -0.15) is 13.2 Å². The quantitative estimate of drug-likeness (QED) is 0.397. The number of benzene rings is 1. The van der Waals surface area contributed by atoms with Crippen molar-refractivity contribution in [3.63, 3.8) is 0 Å². The summed E-state index contributed by atoms with van der Waals surface area (Å²) < 4.78 is 40.0. The third-order valence-corrected chi connectivity index (χ3v) is 3.71. The fraction of sp³-hybridized carbons (Fsp3) is 0.143. The molecule has 2 rings (SSSR count). The SMILES string of the molecule is C=N/C(Cl)=N\C(=C(/C)C(F)(F)F)c1c[nH]c2cc(Br)ccc12. The van der Waals surface area contributed by atoms with Crippen molar-refractivity contribution in [3.8, 4) is 0 Å². The number of nitrogens with zero attached hydrogens (tertiary/aromatic N) is 2. The van der Waals surface area contributed by atoms with E-state index in [9.17, 15) is 13.2 Å². The lowest BCUT2D eigenvalue weighted by Gasteiger charge is -2.11. The molecule has 0 aliphatic carbocycles. The van der Waals surface area contributed by atoms with E-state index >= 15 is 0 Å². The van der Waals surface area contributed by atoms with Crippen LogP contribution in [0.15, 0.2) is 44.4 Å². The van der Waals surface area contributed by atoms with Crippen molar-refractivity contribution in [2.45, 2.75) is 13.1 Å². The summed E-state index contributed by atoms with van der Waals surface area (Å²) in [5.74, 6) is 0. The molecule has 1 N–H and O–H groups in total. The maximum atomic E-state index is 13.1. The number of rotatable bonds is 2. The summed E-state index contributed by atoms with van der Waals surface area (Å²) in [6.07, 6.45) is -3.07. The normalized spacial score (nSPS) is 14.2. The zero-order valence-electron chi connectivity index (χ0n) is 11.3. The number of nitrogens with one attached hydrogen (secondary N) is 1. The molecule has 3 nitrogen and oxygen atoms in total. The zero-order valence-corrected chi connectivity index (χ0v) is 13.6. The van der Waals surface area contributed by atoms with Crippen LogP contribution in [0.3, 0.4) is 0 Å². The molecule has 0 saturated carbocycles. The number of aromatic amines is 1. The number of fused-ring (bicyclic) bond motifs is 1. The molecule has 0 unspecified atom stereocenters. The van der Waals surface area contributed by atoms with Gasteiger partial charge in [-0.1, -0.05) is 22.0 Å². The fourth-order valence-corrected chi connectivity index (χ4v) is 2.35. The van der Waals surface area contributed by atoms with E-state index in [1.807, 2.05) is 0 Å². The van der Waals surface area contributed by atoms with Crippen LogP contribution in [0.4, 0.5) is 13.2 Å². The predicted octanol–water partition coefficient (Wildman–Crippen LogP) is 5.52. The minimum atomic E-state index is -4.53. The van der Waals surface area contributed by atoms with Crippen molar-refractivity contribution in [1.82, 2.24) is 4.98 Å². The molecule has 0 bridgehead atoms. The molecular formula is C14H10BrClF3N3. The van der Waals surface area contributed by atoms with Gasteiger partial charge in [0.05, 0.1) is 11.3 Å². The van der Waals surface area contributed by atoms with Gasteiger partial charge in [0.1, 0.15) is 0 Å². The Bertz CT molecular complexity index is 790. The van der Waals surface area contributed by atoms with E-state index in [2.05, 4.69) is 37.6 Å². The summed E-state index contributed by atoms with van der Waals surface area (Å²) in [4.78, 5) is 10.0. The number of hydrogen-bond acceptors (Lipinski definition) is 1. The molecule has 22 heavy (non-hydrogen) atoms. The van der Waals surface area contributed by atoms with E-state index in [4.69, 9.17) is 11.6 Å². The summed E-state index contributed by atoms with van der Waals surface area (Å²) in [6, 6.07) is 5.19. The summed E-state index contributed by atoms with van der Waals surface area (Å²) in [6.45, 7) is 4.11. The molecule has 0 saturated heterocycles. The van der Waals surface area contributed by atoms with Gasteiger partial charge >= 0.3 is 6.18 Å². The molecule has 0 radical (unpaired) electrons. The lowest BCUT2D eigenvalue weighted by Crippen LogP contribution is -2.11. The van der Waals surface area contributed by atoms with E-state index in [1.165, 1.54) is 6.20 Å². The van der Waals surface area contributed by atoms with Crippen molar-refractivity contribution in [1.29, 1.82) is 0 Å². The van der Waals surface area contributed by atoms with Crippen molar-refractivity contribution < 1.29 is 13.2 Å². The minimum Gasteiger partial charge on any atom is -0.360 e. The van der Waals surface area contributed by atoms with E-state index in [1.54, 1.807) is 18.2 Å². The first-order valence-electron chi connectivity index (χ1n) is 6.00. The number of H-pyrrole nitrogens is 1. The zero-order chi connectivity index (χ0) is 16.5. The Balaban J connectivity index is 2.75. The molecule has 1 aromatic heterocycles. The van der Waals surface area contributed by atoms with Crippen LogP contribution in [0, 0.1) is 0 Å². The molecule has 116 valence electrons. The summed E-state index contributed by atoms with van der Waals surface area (Å²) in [5, 5.41) is 0.240. The molecule has 0 fully saturated rings. The molecular weight excluding hydrogens is 383 g/mol. The van der Waals surface area contributed by atoms with Crippen LogP contribution in [0.5, 0.6) is 0 Å². The highest BCUT2D eigenvalue weighted by Crippen LogP contribution is 2.36. The molecule has 0 aliphatic heterocycles. The average molecular weight is 393 g/mol. The van der Waals surface area contributed by atoms with Gasteiger partial charge < -0.3 is 4.98 Å². The number of aliphatic imine (C=N–C) groups is 2. The number of hydrogen-bond donors (Lipinski definition) is 1. The Labute approximate surface area is 137 Å². The number of alkyl halides is 3. The second-order valence-corrected chi connectivity index (χ2v) is 5.66. The smallest absolute Gasteiger partial charge is 0.360 e. The van der Waals surface area contributed by atoms with E-state index in [0.717, 1.165) is 11.4 Å². The molecule has 1 aromatic carbocycles. The van der Waals surface area contributed by atoms with Gasteiger partial charge in [0.2, 0.25) is 5.29 Å². The Hall–Kier alpha value is -1.60. The number of amidine groups is 1. The molecule has 0 atom stereocenters. The lowest BCUT2D eigenvalue weighted by atomic mass is 10.1. The maximum Gasteiger partial charge on any atom is 0.414 e. The Morgan fingerprint density at radius 2 is 2.05 bits per heavy atom. The predicted molar refractivity (Wildman–Crippen MR) is 87.5 cm³/mol. The second kappa shape index (κ2) is 6.26. The van der Waals surface area contributed by atoms with Gasteiger partial charge in [0.25, 0.3) is 0 Å². The van der Waals surface area contributed by atoms with Gasteiger partial charge in [-0.25, -0.2) is 9.98 Å². The van der Waals surface area contributed by atoms with Crippen LogP contribution < -0.4 is 0 Å². The van der Waals surface area contributed by atoms with Gasteiger partial charge in [0.15, 0.2) is 0 Å². The number of halogens is 5. The number of allylic oxidation sites excluding steroid dienone is 1. The van der Waals surface area contributed by atoms with Crippen molar-refractivity contribution in [3.05, 3.63) is 40.0 Å². The summed E-state index contributed by atoms with van der Waals surface area (Å²) in [7, 11) is 0. The molecule has 0 spiro atoms. The Kier molecular flexibility index (Phi) is 4.77. The van der Waals surface area contributed by atoms with Gasteiger partial charge in [-0.15, -0.1) is 0 Å². The molecule has 1 heterocycles. The first-order chi connectivity index (χ1) is 10.2. The largest absolute Gasteiger partial charge is 0.414 e. The van der Waals surface area contributed by atoms with Gasteiger partial charge in [0, 0.05) is 27.1 Å². The van der Waals surface area contributed by atoms with Crippen molar-refractivity contribution in [2.24, 2.45) is 9.98 Å². The first kappa shape index (κ1) is 16.8.